The first-order valence-corrected chi connectivity index (χ1v) is 7.41. The Labute approximate surface area is 114 Å². The second-order valence-corrected chi connectivity index (χ2v) is 5.84. The Hall–Kier alpha value is -1.32. The molecule has 3 heteroatoms. The molecule has 1 aromatic rings. The number of rotatable bonds is 1. The summed E-state index contributed by atoms with van der Waals surface area (Å²) in [5, 5.41) is 8.58. The Kier molecular flexibility index (Phi) is 2.64. The molecule has 0 aliphatic carbocycles. The summed E-state index contributed by atoms with van der Waals surface area (Å²) >= 11 is 0. The lowest BCUT2D eigenvalue weighted by Gasteiger charge is -2.31. The molecule has 3 aliphatic heterocycles. The molecule has 1 fully saturated rings. The van der Waals surface area contributed by atoms with Gasteiger partial charge in [-0.1, -0.05) is 24.3 Å². The van der Waals surface area contributed by atoms with Crippen molar-refractivity contribution in [1.29, 1.82) is 0 Å². The molecule has 2 atom stereocenters. The fourth-order valence-corrected chi connectivity index (χ4v) is 3.80. The van der Waals surface area contributed by atoms with Crippen LogP contribution < -0.4 is 10.3 Å². The van der Waals surface area contributed by atoms with Crippen LogP contribution in [0.3, 0.4) is 0 Å². The van der Waals surface area contributed by atoms with E-state index in [2.05, 4.69) is 52.6 Å². The zero-order chi connectivity index (χ0) is 12.8. The van der Waals surface area contributed by atoms with Gasteiger partial charge in [-0.15, -0.1) is 0 Å². The molecule has 0 bridgehead atoms. The highest BCUT2D eigenvalue weighted by Crippen LogP contribution is 2.46. The second-order valence-electron chi connectivity index (χ2n) is 5.84. The first-order chi connectivity index (χ1) is 9.34. The van der Waals surface area contributed by atoms with E-state index in [1.807, 2.05) is 0 Å². The standard InChI is InChI=1S/C16H21N3/c1-12-11-13(7-8-17-12)16-14-5-2-3-6-15(14)18-9-4-10-19(16)18/h2-3,5-6,11-12,16-17H,4,7-10H2,1H3. The highest BCUT2D eigenvalue weighted by molar-refractivity contribution is 5.61. The lowest BCUT2D eigenvalue weighted by molar-refractivity contribution is 0.271. The van der Waals surface area contributed by atoms with Crippen molar-refractivity contribution in [2.24, 2.45) is 0 Å². The van der Waals surface area contributed by atoms with E-state index in [0.717, 1.165) is 6.54 Å². The van der Waals surface area contributed by atoms with E-state index in [0.29, 0.717) is 12.1 Å². The molecule has 1 saturated heterocycles. The van der Waals surface area contributed by atoms with E-state index < -0.39 is 0 Å². The zero-order valence-corrected chi connectivity index (χ0v) is 11.5. The van der Waals surface area contributed by atoms with Gasteiger partial charge in [0, 0.05) is 19.1 Å². The Balaban J connectivity index is 1.79. The predicted molar refractivity (Wildman–Crippen MR) is 78.0 cm³/mol. The van der Waals surface area contributed by atoms with Gasteiger partial charge in [-0.3, -0.25) is 0 Å². The summed E-state index contributed by atoms with van der Waals surface area (Å²) in [4.78, 5) is 0. The first-order valence-electron chi connectivity index (χ1n) is 7.41. The third kappa shape index (κ3) is 1.72. The normalized spacial score (nSPS) is 30.2. The topological polar surface area (TPSA) is 18.5 Å². The van der Waals surface area contributed by atoms with Crippen LogP contribution in [0.2, 0.25) is 0 Å². The molecule has 1 N–H and O–H groups in total. The van der Waals surface area contributed by atoms with E-state index in [1.54, 1.807) is 5.57 Å². The third-order valence-corrected chi connectivity index (χ3v) is 4.57. The lowest BCUT2D eigenvalue weighted by atomic mass is 9.92. The number of nitrogens with one attached hydrogen (secondary N) is 1. The maximum atomic E-state index is 3.51. The van der Waals surface area contributed by atoms with Gasteiger partial charge in [0.2, 0.25) is 0 Å². The monoisotopic (exact) mass is 255 g/mol. The molecule has 2 unspecified atom stereocenters. The Morgan fingerprint density at radius 2 is 2.11 bits per heavy atom. The molecule has 3 nitrogen and oxygen atoms in total. The molecular weight excluding hydrogens is 234 g/mol. The average Bonchev–Trinajstić information content (AvgIpc) is 2.98. The van der Waals surface area contributed by atoms with Crippen LogP contribution in [-0.2, 0) is 0 Å². The number of hydrogen-bond acceptors (Lipinski definition) is 3. The summed E-state index contributed by atoms with van der Waals surface area (Å²) in [6.07, 6.45) is 4.90. The molecule has 4 rings (SSSR count). The van der Waals surface area contributed by atoms with Gasteiger partial charge in [0.15, 0.2) is 0 Å². The van der Waals surface area contributed by atoms with Crippen molar-refractivity contribution in [2.75, 3.05) is 24.6 Å². The van der Waals surface area contributed by atoms with Gasteiger partial charge in [-0.25, -0.2) is 5.01 Å². The van der Waals surface area contributed by atoms with Crippen LogP contribution in [0.15, 0.2) is 35.9 Å². The van der Waals surface area contributed by atoms with Crippen molar-refractivity contribution in [1.82, 2.24) is 10.3 Å². The van der Waals surface area contributed by atoms with E-state index in [4.69, 9.17) is 0 Å². The number of para-hydroxylation sites is 1. The largest absolute Gasteiger partial charge is 0.310 e. The highest BCUT2D eigenvalue weighted by atomic mass is 15.7. The van der Waals surface area contributed by atoms with Crippen molar-refractivity contribution in [2.45, 2.75) is 31.8 Å². The first kappa shape index (κ1) is 11.5. The fraction of sp³-hybridized carbons (Fsp3) is 0.500. The Bertz CT molecular complexity index is 522. The minimum atomic E-state index is 0.489. The molecule has 19 heavy (non-hydrogen) atoms. The van der Waals surface area contributed by atoms with Gasteiger partial charge in [0.05, 0.1) is 11.7 Å². The maximum Gasteiger partial charge on any atom is 0.0774 e. The molecule has 0 amide bonds. The summed E-state index contributed by atoms with van der Waals surface area (Å²) in [6.45, 7) is 5.73. The summed E-state index contributed by atoms with van der Waals surface area (Å²) in [5.41, 5.74) is 4.53. The molecule has 1 aromatic carbocycles. The number of hydrazine groups is 1. The lowest BCUT2D eigenvalue weighted by Crippen LogP contribution is -2.37. The van der Waals surface area contributed by atoms with Crippen LogP contribution in [0, 0.1) is 0 Å². The molecule has 3 heterocycles. The van der Waals surface area contributed by atoms with Gasteiger partial charge in [0.1, 0.15) is 0 Å². The SMILES string of the molecule is CC1C=C(C2c3ccccc3N3CCCN23)CCN1. The van der Waals surface area contributed by atoms with E-state index >= 15 is 0 Å². The quantitative estimate of drug-likeness (QED) is 0.778. The van der Waals surface area contributed by atoms with Crippen LogP contribution in [0.4, 0.5) is 5.69 Å². The summed E-state index contributed by atoms with van der Waals surface area (Å²) in [7, 11) is 0. The summed E-state index contributed by atoms with van der Waals surface area (Å²) in [5.74, 6) is 0. The zero-order valence-electron chi connectivity index (χ0n) is 11.5. The Morgan fingerprint density at radius 1 is 1.21 bits per heavy atom. The predicted octanol–water partition coefficient (Wildman–Crippen LogP) is 2.48. The summed E-state index contributed by atoms with van der Waals surface area (Å²) < 4.78 is 0. The number of benzene rings is 1. The van der Waals surface area contributed by atoms with Gasteiger partial charge < -0.3 is 10.3 Å². The fourth-order valence-electron chi connectivity index (χ4n) is 3.80. The van der Waals surface area contributed by atoms with Crippen LogP contribution in [0.5, 0.6) is 0 Å². The molecule has 0 saturated carbocycles. The number of fused-ring (bicyclic) bond motifs is 3. The Morgan fingerprint density at radius 3 is 3.00 bits per heavy atom. The van der Waals surface area contributed by atoms with E-state index in [1.165, 1.54) is 37.2 Å². The van der Waals surface area contributed by atoms with Gasteiger partial charge in [0.25, 0.3) is 0 Å². The number of anilines is 1. The molecule has 100 valence electrons. The minimum absolute atomic E-state index is 0.489. The van der Waals surface area contributed by atoms with Crippen molar-refractivity contribution >= 4 is 5.69 Å². The second kappa shape index (κ2) is 4.36. The van der Waals surface area contributed by atoms with E-state index in [9.17, 15) is 0 Å². The van der Waals surface area contributed by atoms with Crippen LogP contribution in [-0.4, -0.2) is 30.7 Å². The number of hydrogen-bond donors (Lipinski definition) is 1. The van der Waals surface area contributed by atoms with Crippen LogP contribution in [0.25, 0.3) is 0 Å². The molecule has 3 aliphatic rings. The molecule has 0 radical (unpaired) electrons. The molecule has 0 aromatic heterocycles. The summed E-state index contributed by atoms with van der Waals surface area (Å²) in [6, 6.07) is 9.93. The van der Waals surface area contributed by atoms with Crippen molar-refractivity contribution in [3.8, 4) is 0 Å². The molecular formula is C16H21N3. The smallest absolute Gasteiger partial charge is 0.0774 e. The number of nitrogens with zero attached hydrogens (tertiary/aromatic N) is 2. The van der Waals surface area contributed by atoms with Crippen molar-refractivity contribution < 1.29 is 0 Å². The highest BCUT2D eigenvalue weighted by Gasteiger charge is 2.40. The van der Waals surface area contributed by atoms with Crippen LogP contribution in [0.1, 0.15) is 31.4 Å². The average molecular weight is 255 g/mol. The van der Waals surface area contributed by atoms with Crippen LogP contribution >= 0.6 is 0 Å². The van der Waals surface area contributed by atoms with Gasteiger partial charge in [-0.05, 0) is 43.5 Å². The van der Waals surface area contributed by atoms with Gasteiger partial charge in [-0.2, -0.15) is 0 Å². The van der Waals surface area contributed by atoms with Crippen molar-refractivity contribution in [3.05, 3.63) is 41.5 Å². The maximum absolute atomic E-state index is 3.51. The van der Waals surface area contributed by atoms with Gasteiger partial charge >= 0.3 is 0 Å². The minimum Gasteiger partial charge on any atom is -0.310 e. The van der Waals surface area contributed by atoms with E-state index in [-0.39, 0.29) is 0 Å². The molecule has 0 spiro atoms. The van der Waals surface area contributed by atoms with Crippen molar-refractivity contribution in [3.63, 3.8) is 0 Å². The third-order valence-electron chi connectivity index (χ3n) is 4.57.